The molecule has 41 heavy (non-hydrogen) atoms. The molecule has 1 saturated carbocycles. The van der Waals surface area contributed by atoms with Crippen LogP contribution in [0.1, 0.15) is 131 Å². The summed E-state index contributed by atoms with van der Waals surface area (Å²) in [4.78, 5) is 38.5. The summed E-state index contributed by atoms with van der Waals surface area (Å²) < 4.78 is 0. The Morgan fingerprint density at radius 3 is 2.34 bits per heavy atom. The van der Waals surface area contributed by atoms with Crippen molar-refractivity contribution in [3.05, 3.63) is 58.1 Å². The van der Waals surface area contributed by atoms with Gasteiger partial charge in [-0.3, -0.25) is 14.4 Å². The van der Waals surface area contributed by atoms with Crippen LogP contribution in [0.4, 0.5) is 0 Å². The van der Waals surface area contributed by atoms with Crippen LogP contribution in [-0.2, 0) is 28.9 Å². The molecule has 0 spiro atoms. The monoisotopic (exact) mass is 556 g/mol. The number of carbonyl (C=O) groups is 3. The molecule has 2 aliphatic carbocycles. The minimum atomic E-state index is -0.101. The van der Waals surface area contributed by atoms with E-state index in [0.717, 1.165) is 62.0 Å². The summed E-state index contributed by atoms with van der Waals surface area (Å²) in [6.45, 7) is 10.1. The number of hydrogen-bond donors (Lipinski definition) is 0. The van der Waals surface area contributed by atoms with Gasteiger partial charge in [0.2, 0.25) is 0 Å². The molecule has 0 radical (unpaired) electrons. The first kappa shape index (κ1) is 31.4. The highest BCUT2D eigenvalue weighted by Gasteiger charge is 2.34. The van der Waals surface area contributed by atoms with Gasteiger partial charge in [-0.2, -0.15) is 0 Å². The lowest BCUT2D eigenvalue weighted by atomic mass is 9.71. The van der Waals surface area contributed by atoms with Crippen molar-refractivity contribution in [1.82, 2.24) is 0 Å². The summed E-state index contributed by atoms with van der Waals surface area (Å²) in [5.41, 5.74) is 8.55. The van der Waals surface area contributed by atoms with Gasteiger partial charge >= 0.3 is 0 Å². The van der Waals surface area contributed by atoms with Crippen molar-refractivity contribution in [2.45, 2.75) is 125 Å². The number of hydrogen-bond acceptors (Lipinski definition) is 3. The third kappa shape index (κ3) is 7.65. The van der Waals surface area contributed by atoms with E-state index in [1.54, 1.807) is 0 Å². The van der Waals surface area contributed by atoms with Gasteiger partial charge in [-0.05, 0) is 97.1 Å². The van der Waals surface area contributed by atoms with Crippen LogP contribution in [0.3, 0.4) is 0 Å². The van der Waals surface area contributed by atoms with Crippen LogP contribution in [-0.4, -0.2) is 17.3 Å². The van der Waals surface area contributed by atoms with Crippen molar-refractivity contribution >= 4 is 17.3 Å². The highest BCUT2D eigenvalue weighted by atomic mass is 16.1. The van der Waals surface area contributed by atoms with E-state index >= 15 is 0 Å². The van der Waals surface area contributed by atoms with E-state index in [2.05, 4.69) is 58.0 Å². The number of benzene rings is 2. The van der Waals surface area contributed by atoms with Gasteiger partial charge in [-0.15, -0.1) is 0 Å². The van der Waals surface area contributed by atoms with E-state index < -0.39 is 0 Å². The van der Waals surface area contributed by atoms with Crippen LogP contribution in [0.15, 0.2) is 30.3 Å². The van der Waals surface area contributed by atoms with Crippen LogP contribution in [0.5, 0.6) is 0 Å². The zero-order valence-corrected chi connectivity index (χ0v) is 26.3. The molecule has 222 valence electrons. The van der Waals surface area contributed by atoms with Crippen LogP contribution < -0.4 is 0 Å². The smallest absolute Gasteiger partial charge is 0.163 e. The first-order valence-corrected chi connectivity index (χ1v) is 16.5. The lowest BCUT2D eigenvalue weighted by Crippen LogP contribution is -2.30. The van der Waals surface area contributed by atoms with Gasteiger partial charge in [-0.25, -0.2) is 0 Å². The van der Waals surface area contributed by atoms with Gasteiger partial charge in [-0.1, -0.05) is 96.0 Å². The van der Waals surface area contributed by atoms with Crippen molar-refractivity contribution in [3.8, 4) is 11.1 Å². The van der Waals surface area contributed by atoms with Gasteiger partial charge < -0.3 is 0 Å². The summed E-state index contributed by atoms with van der Waals surface area (Å²) in [6.07, 6.45) is 14.0. The fourth-order valence-corrected chi connectivity index (χ4v) is 8.03. The second-order valence-electron chi connectivity index (χ2n) is 13.2. The van der Waals surface area contributed by atoms with E-state index in [9.17, 15) is 14.4 Å². The molecule has 2 aliphatic rings. The Bertz CT molecular complexity index is 1230. The summed E-state index contributed by atoms with van der Waals surface area (Å²) in [6, 6.07) is 11.5. The minimum Gasteiger partial charge on any atom is -0.300 e. The maximum absolute atomic E-state index is 13.7. The van der Waals surface area contributed by atoms with Gasteiger partial charge in [0.1, 0.15) is 11.6 Å². The minimum absolute atomic E-state index is 0.0332. The maximum Gasteiger partial charge on any atom is 0.163 e. The summed E-state index contributed by atoms with van der Waals surface area (Å²) in [5, 5.41) is 0. The molecule has 0 aromatic heterocycles. The van der Waals surface area contributed by atoms with Crippen LogP contribution in [0.2, 0.25) is 0 Å². The second-order valence-corrected chi connectivity index (χ2v) is 13.2. The Hall–Kier alpha value is -2.55. The normalized spacial score (nSPS) is 19.0. The van der Waals surface area contributed by atoms with Crippen molar-refractivity contribution in [3.63, 3.8) is 0 Å². The molecule has 0 aliphatic heterocycles. The van der Waals surface area contributed by atoms with Gasteiger partial charge in [0.05, 0.1) is 6.42 Å². The zero-order valence-electron chi connectivity index (χ0n) is 26.3. The third-order valence-corrected chi connectivity index (χ3v) is 10.0. The molecule has 3 unspecified atom stereocenters. The second kappa shape index (κ2) is 14.6. The number of aryl methyl sites for hydroxylation is 2. The Labute approximate surface area is 248 Å². The highest BCUT2D eigenvalue weighted by molar-refractivity contribution is 6.02. The number of Topliss-reactive ketones (excluding diaryl/α,β-unsaturated/α-hetero) is 3. The standard InChI is InChI=1S/C38H52O3/c1-6-12-31(32(8-3)36(40)19-26(5)39)21-29-23-35-33(18-15-25(4)38(35)37(41)24-29)34-22-28(16-17-30(34)7-2)20-27-13-10-9-11-14-27/h15-18,22,27,29,31-32H,6-14,19-21,23-24H2,1-5H3. The molecule has 1 fully saturated rings. The quantitative estimate of drug-likeness (QED) is 0.231. The summed E-state index contributed by atoms with van der Waals surface area (Å²) in [5.74, 6) is 1.41. The first-order chi connectivity index (χ1) is 19.7. The van der Waals surface area contributed by atoms with Gasteiger partial charge in [0, 0.05) is 17.9 Å². The average Bonchev–Trinajstić information content (AvgIpc) is 2.93. The highest BCUT2D eigenvalue weighted by Crippen LogP contribution is 2.41. The zero-order chi connectivity index (χ0) is 29.5. The topological polar surface area (TPSA) is 51.2 Å². The molecule has 0 N–H and O–H groups in total. The van der Waals surface area contributed by atoms with Gasteiger partial charge in [0.25, 0.3) is 0 Å². The van der Waals surface area contributed by atoms with Crippen molar-refractivity contribution in [2.24, 2.45) is 23.7 Å². The average molecular weight is 557 g/mol. The van der Waals surface area contributed by atoms with Gasteiger partial charge in [0.15, 0.2) is 5.78 Å². The maximum atomic E-state index is 13.7. The third-order valence-electron chi connectivity index (χ3n) is 10.0. The molecule has 0 amide bonds. The summed E-state index contributed by atoms with van der Waals surface area (Å²) >= 11 is 0. The molecule has 2 aromatic rings. The number of fused-ring (bicyclic) bond motifs is 1. The molecule has 0 heterocycles. The molecule has 3 atom stereocenters. The Morgan fingerprint density at radius 2 is 1.68 bits per heavy atom. The molecule has 3 heteroatoms. The molecule has 3 nitrogen and oxygen atoms in total. The van der Waals surface area contributed by atoms with E-state index in [-0.39, 0.29) is 41.5 Å². The number of carbonyl (C=O) groups excluding carboxylic acids is 3. The first-order valence-electron chi connectivity index (χ1n) is 16.5. The molecule has 4 rings (SSSR count). The number of ketones is 3. The molecule has 0 bridgehead atoms. The van der Waals surface area contributed by atoms with E-state index in [4.69, 9.17) is 0 Å². The summed E-state index contributed by atoms with van der Waals surface area (Å²) in [7, 11) is 0. The predicted octanol–water partition coefficient (Wildman–Crippen LogP) is 9.47. The van der Waals surface area contributed by atoms with Crippen molar-refractivity contribution in [2.75, 3.05) is 0 Å². The van der Waals surface area contributed by atoms with E-state index in [0.29, 0.717) is 6.42 Å². The Kier molecular flexibility index (Phi) is 11.1. The van der Waals surface area contributed by atoms with E-state index in [1.165, 1.54) is 66.8 Å². The lowest BCUT2D eigenvalue weighted by Gasteiger charge is -2.33. The Balaban J connectivity index is 1.66. The van der Waals surface area contributed by atoms with Crippen LogP contribution in [0, 0.1) is 30.6 Å². The van der Waals surface area contributed by atoms with E-state index in [1.807, 2.05) is 0 Å². The SMILES string of the molecule is CCCC(CC1CC(=O)c2c(C)ccc(-c3cc(CC4CCCCC4)ccc3CC)c2C1)C(CC)C(=O)CC(C)=O. The fourth-order valence-electron chi connectivity index (χ4n) is 8.03. The molecular formula is C38H52O3. The predicted molar refractivity (Wildman–Crippen MR) is 170 cm³/mol. The Morgan fingerprint density at radius 1 is 0.927 bits per heavy atom. The van der Waals surface area contributed by atoms with Crippen molar-refractivity contribution in [1.29, 1.82) is 0 Å². The molecule has 0 saturated heterocycles. The molecule has 2 aromatic carbocycles. The fraction of sp³-hybridized carbons (Fsp3) is 0.605. The largest absolute Gasteiger partial charge is 0.300 e. The molecular weight excluding hydrogens is 504 g/mol. The van der Waals surface area contributed by atoms with Crippen LogP contribution >= 0.6 is 0 Å². The lowest BCUT2D eigenvalue weighted by molar-refractivity contribution is -0.129. The van der Waals surface area contributed by atoms with Crippen LogP contribution in [0.25, 0.3) is 11.1 Å². The van der Waals surface area contributed by atoms with Crippen molar-refractivity contribution < 1.29 is 14.4 Å². The number of rotatable bonds is 13.